The standard InChI is InChI=1S/C11H11F4N/c1-3-10(16-2)8-6-7(11(13,14)15)4-5-9(8)12/h3-6,10,16H,1H2,2H3. The lowest BCUT2D eigenvalue weighted by atomic mass is 10.0. The van der Waals surface area contributed by atoms with Crippen LogP contribution in [-0.2, 0) is 6.18 Å². The van der Waals surface area contributed by atoms with E-state index in [0.717, 1.165) is 12.1 Å². The number of benzene rings is 1. The van der Waals surface area contributed by atoms with Gasteiger partial charge in [0.15, 0.2) is 0 Å². The second kappa shape index (κ2) is 4.65. The van der Waals surface area contributed by atoms with E-state index in [0.29, 0.717) is 6.07 Å². The molecule has 1 aromatic carbocycles. The molecule has 1 nitrogen and oxygen atoms in total. The summed E-state index contributed by atoms with van der Waals surface area (Å²) in [5, 5.41) is 2.66. The molecule has 1 atom stereocenters. The summed E-state index contributed by atoms with van der Waals surface area (Å²) >= 11 is 0. The van der Waals surface area contributed by atoms with Gasteiger partial charge in [-0.3, -0.25) is 0 Å². The van der Waals surface area contributed by atoms with Crippen LogP contribution in [0, 0.1) is 5.82 Å². The highest BCUT2D eigenvalue weighted by molar-refractivity contribution is 5.31. The third-order valence-corrected chi connectivity index (χ3v) is 2.21. The van der Waals surface area contributed by atoms with Crippen molar-refractivity contribution in [3.05, 3.63) is 47.8 Å². The number of hydrogen-bond acceptors (Lipinski definition) is 1. The zero-order valence-corrected chi connectivity index (χ0v) is 8.61. The number of halogens is 4. The van der Waals surface area contributed by atoms with Crippen LogP contribution in [0.2, 0.25) is 0 Å². The number of nitrogens with one attached hydrogen (secondary N) is 1. The molecular weight excluding hydrogens is 222 g/mol. The van der Waals surface area contributed by atoms with Crippen LogP contribution in [-0.4, -0.2) is 7.05 Å². The number of rotatable bonds is 3. The van der Waals surface area contributed by atoms with Crippen molar-refractivity contribution in [1.82, 2.24) is 5.32 Å². The van der Waals surface area contributed by atoms with Gasteiger partial charge in [-0.25, -0.2) is 4.39 Å². The van der Waals surface area contributed by atoms with E-state index in [-0.39, 0.29) is 5.56 Å². The summed E-state index contributed by atoms with van der Waals surface area (Å²) in [7, 11) is 1.52. The first-order valence-corrected chi connectivity index (χ1v) is 4.56. The molecule has 0 radical (unpaired) electrons. The fourth-order valence-corrected chi connectivity index (χ4v) is 1.36. The molecule has 5 heteroatoms. The highest BCUT2D eigenvalue weighted by atomic mass is 19.4. The van der Waals surface area contributed by atoms with Crippen molar-refractivity contribution < 1.29 is 17.6 Å². The normalized spacial score (nSPS) is 13.6. The smallest absolute Gasteiger partial charge is 0.310 e. The fraction of sp³-hybridized carbons (Fsp3) is 0.273. The Morgan fingerprint density at radius 2 is 2.00 bits per heavy atom. The molecule has 0 bridgehead atoms. The van der Waals surface area contributed by atoms with Crippen molar-refractivity contribution in [2.45, 2.75) is 12.2 Å². The lowest BCUT2D eigenvalue weighted by molar-refractivity contribution is -0.137. The minimum absolute atomic E-state index is 0.0627. The van der Waals surface area contributed by atoms with Gasteiger partial charge in [0.25, 0.3) is 0 Å². The lowest BCUT2D eigenvalue weighted by Gasteiger charge is -2.15. The van der Waals surface area contributed by atoms with Crippen LogP contribution in [0.5, 0.6) is 0 Å². The van der Waals surface area contributed by atoms with Gasteiger partial charge in [0, 0.05) is 5.56 Å². The molecule has 0 amide bonds. The van der Waals surface area contributed by atoms with Crippen molar-refractivity contribution in [1.29, 1.82) is 0 Å². The Balaban J connectivity index is 3.23. The molecule has 1 rings (SSSR count). The maximum absolute atomic E-state index is 13.3. The van der Waals surface area contributed by atoms with Crippen LogP contribution in [0.15, 0.2) is 30.9 Å². The van der Waals surface area contributed by atoms with E-state index in [1.165, 1.54) is 13.1 Å². The Hall–Kier alpha value is -1.36. The molecule has 0 aliphatic heterocycles. The zero-order valence-electron chi connectivity index (χ0n) is 8.61. The Morgan fingerprint density at radius 3 is 2.44 bits per heavy atom. The van der Waals surface area contributed by atoms with Crippen LogP contribution in [0.25, 0.3) is 0 Å². The summed E-state index contributed by atoms with van der Waals surface area (Å²) in [6.45, 7) is 3.43. The minimum Gasteiger partial charge on any atom is -0.310 e. The molecule has 0 saturated heterocycles. The van der Waals surface area contributed by atoms with Crippen LogP contribution in [0.1, 0.15) is 17.2 Å². The quantitative estimate of drug-likeness (QED) is 0.624. The molecule has 0 aromatic heterocycles. The van der Waals surface area contributed by atoms with Gasteiger partial charge >= 0.3 is 6.18 Å². The number of alkyl halides is 3. The summed E-state index contributed by atoms with van der Waals surface area (Å²) in [5.41, 5.74) is -0.932. The highest BCUT2D eigenvalue weighted by Gasteiger charge is 2.31. The molecule has 0 spiro atoms. The molecule has 88 valence electrons. The van der Waals surface area contributed by atoms with Gasteiger partial charge in [0.1, 0.15) is 5.82 Å². The van der Waals surface area contributed by atoms with Gasteiger partial charge in [-0.2, -0.15) is 13.2 Å². The largest absolute Gasteiger partial charge is 0.416 e. The van der Waals surface area contributed by atoms with Crippen LogP contribution in [0.3, 0.4) is 0 Å². The first kappa shape index (κ1) is 12.7. The maximum atomic E-state index is 13.3. The molecule has 0 aliphatic rings. The van der Waals surface area contributed by atoms with Crippen LogP contribution >= 0.6 is 0 Å². The summed E-state index contributed by atoms with van der Waals surface area (Å²) in [5.74, 6) is -0.688. The number of hydrogen-bond donors (Lipinski definition) is 1. The monoisotopic (exact) mass is 233 g/mol. The van der Waals surface area contributed by atoms with Gasteiger partial charge in [0.2, 0.25) is 0 Å². The first-order valence-electron chi connectivity index (χ1n) is 4.56. The topological polar surface area (TPSA) is 12.0 Å². The van der Waals surface area contributed by atoms with Crippen LogP contribution < -0.4 is 5.32 Å². The van der Waals surface area contributed by atoms with Crippen molar-refractivity contribution in [3.63, 3.8) is 0 Å². The zero-order chi connectivity index (χ0) is 12.3. The first-order chi connectivity index (χ1) is 7.40. The number of likely N-dealkylation sites (N-methyl/N-ethyl adjacent to an activating group) is 1. The molecule has 0 aliphatic carbocycles. The maximum Gasteiger partial charge on any atom is 0.416 e. The third kappa shape index (κ3) is 2.61. The van der Waals surface area contributed by atoms with Gasteiger partial charge in [-0.05, 0) is 25.2 Å². The van der Waals surface area contributed by atoms with Crippen molar-refractivity contribution in [3.8, 4) is 0 Å². The average Bonchev–Trinajstić information content (AvgIpc) is 2.20. The Morgan fingerprint density at radius 1 is 1.38 bits per heavy atom. The molecular formula is C11H11F4N. The molecule has 0 heterocycles. The predicted molar refractivity (Wildman–Crippen MR) is 53.4 cm³/mol. The Bertz CT molecular complexity index is 384. The minimum atomic E-state index is -4.47. The van der Waals surface area contributed by atoms with Gasteiger partial charge in [0.05, 0.1) is 11.6 Å². The molecule has 1 unspecified atom stereocenters. The van der Waals surface area contributed by atoms with E-state index in [4.69, 9.17) is 0 Å². The molecule has 1 N–H and O–H groups in total. The van der Waals surface area contributed by atoms with Crippen molar-refractivity contribution in [2.24, 2.45) is 0 Å². The van der Waals surface area contributed by atoms with Crippen molar-refractivity contribution in [2.75, 3.05) is 7.05 Å². The SMILES string of the molecule is C=CC(NC)c1cc(C(F)(F)F)ccc1F. The molecule has 0 fully saturated rings. The van der Waals surface area contributed by atoms with Gasteiger partial charge < -0.3 is 5.32 Å². The lowest BCUT2D eigenvalue weighted by Crippen LogP contribution is -2.16. The second-order valence-corrected chi connectivity index (χ2v) is 3.24. The van der Waals surface area contributed by atoms with E-state index in [2.05, 4.69) is 11.9 Å². The summed E-state index contributed by atoms with van der Waals surface area (Å²) < 4.78 is 50.5. The van der Waals surface area contributed by atoms with Crippen LogP contribution in [0.4, 0.5) is 17.6 Å². The van der Waals surface area contributed by atoms with E-state index < -0.39 is 23.6 Å². The van der Waals surface area contributed by atoms with E-state index in [9.17, 15) is 17.6 Å². The van der Waals surface area contributed by atoms with Gasteiger partial charge in [-0.1, -0.05) is 6.08 Å². The molecule has 16 heavy (non-hydrogen) atoms. The summed E-state index contributed by atoms with van der Waals surface area (Å²) in [6.07, 6.45) is -3.12. The van der Waals surface area contributed by atoms with E-state index in [1.54, 1.807) is 0 Å². The predicted octanol–water partition coefficient (Wildman–Crippen LogP) is 3.29. The highest BCUT2D eigenvalue weighted by Crippen LogP contribution is 2.31. The van der Waals surface area contributed by atoms with Crippen molar-refractivity contribution >= 4 is 0 Å². The Kier molecular flexibility index (Phi) is 3.70. The average molecular weight is 233 g/mol. The van der Waals surface area contributed by atoms with Gasteiger partial charge in [-0.15, -0.1) is 6.58 Å². The van der Waals surface area contributed by atoms with E-state index in [1.807, 2.05) is 0 Å². The second-order valence-electron chi connectivity index (χ2n) is 3.24. The fourth-order valence-electron chi connectivity index (χ4n) is 1.36. The molecule has 1 aromatic rings. The molecule has 0 saturated carbocycles. The van der Waals surface area contributed by atoms with E-state index >= 15 is 0 Å². The Labute approximate surface area is 90.8 Å². The summed E-state index contributed by atoms with van der Waals surface area (Å²) in [4.78, 5) is 0. The summed E-state index contributed by atoms with van der Waals surface area (Å²) in [6, 6.07) is 1.68. The third-order valence-electron chi connectivity index (χ3n) is 2.21.